The standard InChI is InChI=1S/C21H24ClFN2O2S/c1-3-19(21(27)24-2)25(12-15-4-8-17(22)9-5-15)20(26)14-28-13-16-6-10-18(23)11-7-16/h4-11,19H,3,12-14H2,1-2H3,(H,24,27)/t19-/m1/s1. The summed E-state index contributed by atoms with van der Waals surface area (Å²) in [5.41, 5.74) is 1.85. The van der Waals surface area contributed by atoms with Crippen molar-refractivity contribution in [1.29, 1.82) is 0 Å². The van der Waals surface area contributed by atoms with E-state index in [0.717, 1.165) is 11.1 Å². The minimum absolute atomic E-state index is 0.113. The molecule has 2 rings (SSSR count). The zero-order chi connectivity index (χ0) is 20.5. The number of halogens is 2. The van der Waals surface area contributed by atoms with Crippen LogP contribution in [-0.4, -0.2) is 35.6 Å². The van der Waals surface area contributed by atoms with E-state index in [9.17, 15) is 14.0 Å². The van der Waals surface area contributed by atoms with Gasteiger partial charge in [-0.2, -0.15) is 0 Å². The number of nitrogens with one attached hydrogen (secondary N) is 1. The first-order valence-corrected chi connectivity index (χ1v) is 10.6. The van der Waals surface area contributed by atoms with Crippen molar-refractivity contribution in [3.8, 4) is 0 Å². The molecule has 0 aliphatic carbocycles. The van der Waals surface area contributed by atoms with Gasteiger partial charge in [0.25, 0.3) is 0 Å². The molecule has 0 aliphatic heterocycles. The van der Waals surface area contributed by atoms with Crippen molar-refractivity contribution in [1.82, 2.24) is 10.2 Å². The van der Waals surface area contributed by atoms with Crippen LogP contribution in [0.2, 0.25) is 5.02 Å². The van der Waals surface area contributed by atoms with E-state index < -0.39 is 6.04 Å². The van der Waals surface area contributed by atoms with Gasteiger partial charge in [-0.3, -0.25) is 9.59 Å². The summed E-state index contributed by atoms with van der Waals surface area (Å²) in [4.78, 5) is 26.8. The van der Waals surface area contributed by atoms with Gasteiger partial charge in [0.15, 0.2) is 0 Å². The lowest BCUT2D eigenvalue weighted by Gasteiger charge is -2.30. The molecule has 1 N–H and O–H groups in total. The highest BCUT2D eigenvalue weighted by Crippen LogP contribution is 2.18. The molecule has 2 amide bonds. The van der Waals surface area contributed by atoms with Crippen LogP contribution in [0.3, 0.4) is 0 Å². The molecule has 0 aromatic heterocycles. The number of carbonyl (C=O) groups is 2. The smallest absolute Gasteiger partial charge is 0.242 e. The second kappa shape index (κ2) is 11.1. The molecule has 150 valence electrons. The number of hydrogen-bond acceptors (Lipinski definition) is 3. The number of carbonyl (C=O) groups excluding carboxylic acids is 2. The van der Waals surface area contributed by atoms with Gasteiger partial charge in [0.1, 0.15) is 11.9 Å². The maximum Gasteiger partial charge on any atom is 0.242 e. The van der Waals surface area contributed by atoms with Gasteiger partial charge in [0.2, 0.25) is 11.8 Å². The van der Waals surface area contributed by atoms with E-state index in [4.69, 9.17) is 11.6 Å². The van der Waals surface area contributed by atoms with Crippen LogP contribution in [0.25, 0.3) is 0 Å². The van der Waals surface area contributed by atoms with Gasteiger partial charge < -0.3 is 10.2 Å². The Balaban J connectivity index is 2.07. The molecule has 0 saturated carbocycles. The lowest BCUT2D eigenvalue weighted by Crippen LogP contribution is -2.48. The van der Waals surface area contributed by atoms with Gasteiger partial charge in [0, 0.05) is 24.4 Å². The molecular weight excluding hydrogens is 399 g/mol. The van der Waals surface area contributed by atoms with Crippen molar-refractivity contribution >= 4 is 35.2 Å². The SMILES string of the molecule is CC[C@H](C(=O)NC)N(Cc1ccc(Cl)cc1)C(=O)CSCc1ccc(F)cc1. The lowest BCUT2D eigenvalue weighted by molar-refractivity contribution is -0.139. The van der Waals surface area contributed by atoms with Crippen LogP contribution < -0.4 is 5.32 Å². The Hall–Kier alpha value is -2.05. The second-order valence-corrected chi connectivity index (χ2v) is 7.73. The van der Waals surface area contributed by atoms with Crippen LogP contribution in [0.15, 0.2) is 48.5 Å². The number of thioether (sulfide) groups is 1. The van der Waals surface area contributed by atoms with Gasteiger partial charge in [-0.25, -0.2) is 4.39 Å². The third kappa shape index (κ3) is 6.53. The average molecular weight is 423 g/mol. The lowest BCUT2D eigenvalue weighted by atomic mass is 10.1. The number of benzene rings is 2. The Morgan fingerprint density at radius 1 is 1.11 bits per heavy atom. The Bertz CT molecular complexity index is 784. The summed E-state index contributed by atoms with van der Waals surface area (Å²) in [6, 6.07) is 12.9. The molecule has 1 atom stereocenters. The fraction of sp³-hybridized carbons (Fsp3) is 0.333. The normalized spacial score (nSPS) is 11.7. The van der Waals surface area contributed by atoms with E-state index in [1.54, 1.807) is 36.2 Å². The summed E-state index contributed by atoms with van der Waals surface area (Å²) in [7, 11) is 1.57. The molecule has 0 heterocycles. The average Bonchev–Trinajstić information content (AvgIpc) is 2.70. The first-order valence-electron chi connectivity index (χ1n) is 9.02. The van der Waals surface area contributed by atoms with Gasteiger partial charge in [-0.15, -0.1) is 11.8 Å². The quantitative estimate of drug-likeness (QED) is 0.656. The van der Waals surface area contributed by atoms with Gasteiger partial charge >= 0.3 is 0 Å². The number of likely N-dealkylation sites (N-methyl/N-ethyl adjacent to an activating group) is 1. The first kappa shape index (κ1) is 22.2. The van der Waals surface area contributed by atoms with Crippen LogP contribution in [0, 0.1) is 5.82 Å². The van der Waals surface area contributed by atoms with E-state index in [-0.39, 0.29) is 23.4 Å². The molecule has 0 bridgehead atoms. The van der Waals surface area contributed by atoms with Crippen molar-refractivity contribution in [2.75, 3.05) is 12.8 Å². The van der Waals surface area contributed by atoms with E-state index >= 15 is 0 Å². The highest BCUT2D eigenvalue weighted by molar-refractivity contribution is 7.99. The molecule has 0 saturated heterocycles. The minimum Gasteiger partial charge on any atom is -0.357 e. The predicted molar refractivity (Wildman–Crippen MR) is 113 cm³/mol. The summed E-state index contributed by atoms with van der Waals surface area (Å²) >= 11 is 7.38. The summed E-state index contributed by atoms with van der Waals surface area (Å²) in [6.07, 6.45) is 0.516. The van der Waals surface area contributed by atoms with E-state index in [1.807, 2.05) is 19.1 Å². The summed E-state index contributed by atoms with van der Waals surface area (Å²) in [5.74, 6) is 0.247. The monoisotopic (exact) mass is 422 g/mol. The van der Waals surface area contributed by atoms with Crippen molar-refractivity contribution in [2.45, 2.75) is 31.7 Å². The van der Waals surface area contributed by atoms with Crippen LogP contribution in [0.4, 0.5) is 4.39 Å². The Labute approximate surface area is 174 Å². The largest absolute Gasteiger partial charge is 0.357 e. The van der Waals surface area contributed by atoms with Gasteiger partial charge in [-0.1, -0.05) is 42.8 Å². The van der Waals surface area contributed by atoms with Crippen LogP contribution in [0.5, 0.6) is 0 Å². The minimum atomic E-state index is -0.542. The molecular formula is C21H24ClFN2O2S. The fourth-order valence-electron chi connectivity index (χ4n) is 2.79. The predicted octanol–water partition coefficient (Wildman–Crippen LogP) is 4.27. The fourth-order valence-corrected chi connectivity index (χ4v) is 3.79. The molecule has 28 heavy (non-hydrogen) atoms. The zero-order valence-electron chi connectivity index (χ0n) is 16.0. The summed E-state index contributed by atoms with van der Waals surface area (Å²) in [5, 5.41) is 3.26. The Kier molecular flexibility index (Phi) is 8.80. The molecule has 0 fully saturated rings. The van der Waals surface area contributed by atoms with E-state index in [0.29, 0.717) is 23.7 Å². The number of hydrogen-bond donors (Lipinski definition) is 1. The van der Waals surface area contributed by atoms with Crippen molar-refractivity contribution in [3.63, 3.8) is 0 Å². The molecule has 4 nitrogen and oxygen atoms in total. The molecule has 2 aromatic carbocycles. The van der Waals surface area contributed by atoms with Crippen molar-refractivity contribution < 1.29 is 14.0 Å². The Morgan fingerprint density at radius 2 is 1.71 bits per heavy atom. The topological polar surface area (TPSA) is 49.4 Å². The summed E-state index contributed by atoms with van der Waals surface area (Å²) in [6.45, 7) is 2.22. The third-order valence-electron chi connectivity index (χ3n) is 4.31. The maximum absolute atomic E-state index is 13.0. The van der Waals surface area contributed by atoms with E-state index in [1.165, 1.54) is 23.9 Å². The number of rotatable bonds is 9. The first-order chi connectivity index (χ1) is 13.4. The highest BCUT2D eigenvalue weighted by atomic mass is 35.5. The molecule has 2 aromatic rings. The molecule has 0 radical (unpaired) electrons. The number of amides is 2. The van der Waals surface area contributed by atoms with Crippen LogP contribution in [0.1, 0.15) is 24.5 Å². The molecule has 0 unspecified atom stereocenters. The van der Waals surface area contributed by atoms with Crippen LogP contribution in [-0.2, 0) is 21.9 Å². The maximum atomic E-state index is 13.0. The van der Waals surface area contributed by atoms with Crippen LogP contribution >= 0.6 is 23.4 Å². The van der Waals surface area contributed by atoms with Gasteiger partial charge in [-0.05, 0) is 41.8 Å². The van der Waals surface area contributed by atoms with E-state index in [2.05, 4.69) is 5.32 Å². The molecule has 7 heteroatoms. The summed E-state index contributed by atoms with van der Waals surface area (Å²) < 4.78 is 13.0. The van der Waals surface area contributed by atoms with Crippen molar-refractivity contribution in [3.05, 3.63) is 70.5 Å². The van der Waals surface area contributed by atoms with Gasteiger partial charge in [0.05, 0.1) is 5.75 Å². The third-order valence-corrected chi connectivity index (χ3v) is 5.55. The number of nitrogens with zero attached hydrogens (tertiary/aromatic N) is 1. The Morgan fingerprint density at radius 3 is 2.29 bits per heavy atom. The molecule has 0 spiro atoms. The highest BCUT2D eigenvalue weighted by Gasteiger charge is 2.27. The molecule has 0 aliphatic rings. The zero-order valence-corrected chi connectivity index (χ0v) is 17.5. The second-order valence-electron chi connectivity index (χ2n) is 6.31. The van der Waals surface area contributed by atoms with Crippen molar-refractivity contribution in [2.24, 2.45) is 0 Å².